The molecule has 60 heavy (non-hydrogen) atoms. The van der Waals surface area contributed by atoms with E-state index in [1.807, 2.05) is 0 Å². The van der Waals surface area contributed by atoms with Crippen LogP contribution < -0.4 is 2.89 Å². The van der Waals surface area contributed by atoms with E-state index in [0.29, 0.717) is 0 Å². The van der Waals surface area contributed by atoms with Crippen molar-refractivity contribution >= 4 is 107 Å². The Morgan fingerprint density at radius 3 is 1.25 bits per heavy atom. The molecule has 4 aromatic heterocycles. The van der Waals surface area contributed by atoms with Crippen LogP contribution in [0.3, 0.4) is 0 Å². The van der Waals surface area contributed by atoms with Gasteiger partial charge in [-0.15, -0.1) is 0 Å². The first-order chi connectivity index (χ1) is 28.9. The number of rotatable bonds is 8. The predicted molar refractivity (Wildman–Crippen MR) is 269 cm³/mol. The van der Waals surface area contributed by atoms with E-state index in [2.05, 4.69) is 216 Å². The van der Waals surface area contributed by atoms with Crippen LogP contribution in [0.15, 0.2) is 121 Å². The second-order valence-corrected chi connectivity index (χ2v) is 42.4. The first-order valence-corrected chi connectivity index (χ1v) is 38.5. The fourth-order valence-corrected chi connectivity index (χ4v) is 24.2. The standard InChI is InChI=1S/C49H34S4.C2H5.3CH3.2Sn/c1-27-6-14-32(15-7-27)48(33-16-8-28(2)9-17-33)38-26-37-39(25-36(38)44-42(48)46-40(52-44)22-23-50-46)49(34-18-10-29(3)11-19-34,35-20-12-30(4)13-21-35)43-45(37)53-41-24-31(5)51-47(41)43;1-2;;;;;/h6-22,24-26H,5H2,1-4H3;1H2,2H3;3*1H3;;. The van der Waals surface area contributed by atoms with Gasteiger partial charge in [0.25, 0.3) is 0 Å². The molecule has 2 aliphatic rings. The van der Waals surface area contributed by atoms with E-state index in [0.717, 1.165) is 0 Å². The van der Waals surface area contributed by atoms with E-state index in [1.54, 1.807) is 7.77 Å². The Bertz CT molecular complexity index is 3030. The molecule has 6 heteroatoms. The summed E-state index contributed by atoms with van der Waals surface area (Å²) in [5.41, 5.74) is 18.5. The van der Waals surface area contributed by atoms with Gasteiger partial charge in [0.1, 0.15) is 0 Å². The van der Waals surface area contributed by atoms with Gasteiger partial charge in [0, 0.05) is 0 Å². The molecule has 0 saturated heterocycles. The van der Waals surface area contributed by atoms with Crippen molar-refractivity contribution in [3.8, 4) is 20.9 Å². The maximum atomic E-state index is 2.70. The minimum absolute atomic E-state index is 0.402. The second kappa shape index (κ2) is 14.5. The number of thiophene rings is 4. The first kappa shape index (κ1) is 39.8. The molecule has 0 N–H and O–H groups in total. The summed E-state index contributed by atoms with van der Waals surface area (Å²) >= 11 is 5.54. The van der Waals surface area contributed by atoms with Crippen molar-refractivity contribution in [3.63, 3.8) is 0 Å². The van der Waals surface area contributed by atoms with Crippen molar-refractivity contribution in [2.24, 2.45) is 0 Å². The number of benzene rings is 5. The molecule has 0 amide bonds. The number of aryl methyl sites for hydroxylation is 4. The van der Waals surface area contributed by atoms with E-state index in [4.69, 9.17) is 0 Å². The third kappa shape index (κ3) is 5.75. The van der Waals surface area contributed by atoms with E-state index < -0.39 is 50.3 Å². The molecule has 0 atom stereocenters. The summed E-state index contributed by atoms with van der Waals surface area (Å²) in [4.78, 5) is 12.2. The fraction of sp³-hybridized carbons (Fsp3) is 0.222. The second-order valence-electron chi connectivity index (χ2n) is 18.3. The molecule has 2 aliphatic carbocycles. The van der Waals surface area contributed by atoms with Gasteiger partial charge in [-0.2, -0.15) is 0 Å². The molecule has 0 bridgehead atoms. The Morgan fingerprint density at radius 1 is 0.483 bits per heavy atom. The van der Waals surface area contributed by atoms with Crippen LogP contribution in [0.2, 0.25) is 19.3 Å². The van der Waals surface area contributed by atoms with Crippen LogP contribution in [0, 0.1) is 27.7 Å². The Hall–Kier alpha value is -2.98. The summed E-state index contributed by atoms with van der Waals surface area (Å²) in [6.45, 7) is 11.3. The molecule has 296 valence electrons. The normalized spacial score (nSPS) is 14.8. The third-order valence-corrected chi connectivity index (χ3v) is 31.5. The van der Waals surface area contributed by atoms with Crippen LogP contribution in [-0.2, 0) is 15.3 Å². The molecular weight excluding hydrogens is 1010 g/mol. The Balaban J connectivity index is 1.31. The molecule has 9 aromatic rings. The van der Waals surface area contributed by atoms with Crippen LogP contribution in [-0.4, -0.2) is 39.5 Å². The Morgan fingerprint density at radius 2 is 0.867 bits per heavy atom. The van der Waals surface area contributed by atoms with Gasteiger partial charge in [-0.1, -0.05) is 0 Å². The zero-order valence-electron chi connectivity index (χ0n) is 35.6. The van der Waals surface area contributed by atoms with E-state index in [1.165, 1.54) is 115 Å². The van der Waals surface area contributed by atoms with Gasteiger partial charge in [-0.3, -0.25) is 0 Å². The van der Waals surface area contributed by atoms with E-state index in [9.17, 15) is 0 Å². The summed E-state index contributed by atoms with van der Waals surface area (Å²) in [7, 11) is 0. The summed E-state index contributed by atoms with van der Waals surface area (Å²) in [6, 6.07) is 48.9. The van der Waals surface area contributed by atoms with Gasteiger partial charge in [0.05, 0.1) is 0 Å². The molecule has 0 aliphatic heterocycles. The van der Waals surface area contributed by atoms with Crippen molar-refractivity contribution in [2.45, 2.75) is 69.1 Å². The van der Waals surface area contributed by atoms with Crippen LogP contribution >= 0.6 is 45.3 Å². The van der Waals surface area contributed by atoms with E-state index >= 15 is 0 Å². The third-order valence-electron chi connectivity index (χ3n) is 13.2. The molecule has 0 saturated carbocycles. The topological polar surface area (TPSA) is 0 Å². The van der Waals surface area contributed by atoms with Crippen LogP contribution in [0.5, 0.6) is 0 Å². The van der Waals surface area contributed by atoms with Crippen molar-refractivity contribution in [1.29, 1.82) is 0 Å². The summed E-state index contributed by atoms with van der Waals surface area (Å²) in [6.07, 6.45) is 0. The monoisotopic (exact) mass is 1060 g/mol. The molecule has 0 nitrogen and oxygen atoms in total. The molecule has 0 fully saturated rings. The van der Waals surface area contributed by atoms with Gasteiger partial charge in [-0.05, 0) is 0 Å². The van der Waals surface area contributed by atoms with Crippen LogP contribution in [0.1, 0.15) is 78.6 Å². The Kier molecular flexibility index (Phi) is 9.65. The van der Waals surface area contributed by atoms with Crippen molar-refractivity contribution in [2.75, 3.05) is 0 Å². The maximum absolute atomic E-state index is 2.70. The number of fused-ring (bicyclic) bond motifs is 10. The van der Waals surface area contributed by atoms with Crippen LogP contribution in [0.25, 0.3) is 39.7 Å². The molecule has 0 spiro atoms. The average molecular weight is 1060 g/mol. The zero-order valence-corrected chi connectivity index (χ0v) is 44.6. The molecule has 4 heterocycles. The van der Waals surface area contributed by atoms with Crippen LogP contribution in [0.4, 0.5) is 0 Å². The summed E-state index contributed by atoms with van der Waals surface area (Å²) < 4.78 is 10.3. The molecule has 0 unspecified atom stereocenters. The van der Waals surface area contributed by atoms with Crippen molar-refractivity contribution < 1.29 is 0 Å². The quantitative estimate of drug-likeness (QED) is 0.133. The molecule has 5 aromatic carbocycles. The summed E-state index contributed by atoms with van der Waals surface area (Å²) in [5.74, 6) is 0. The van der Waals surface area contributed by atoms with Crippen molar-refractivity contribution in [3.05, 3.63) is 193 Å². The van der Waals surface area contributed by atoms with Gasteiger partial charge in [0.2, 0.25) is 0 Å². The van der Waals surface area contributed by atoms with Crippen molar-refractivity contribution in [1.82, 2.24) is 0 Å². The summed E-state index contributed by atoms with van der Waals surface area (Å²) in [5, 5.41) is 0. The predicted octanol–water partition coefficient (Wildman–Crippen LogP) is 15.4. The van der Waals surface area contributed by atoms with Gasteiger partial charge >= 0.3 is 390 Å². The first-order valence-electron chi connectivity index (χ1n) is 21.2. The van der Waals surface area contributed by atoms with Gasteiger partial charge < -0.3 is 0 Å². The molecular formula is C54H48S4Sn2. The average Bonchev–Trinajstić information content (AvgIpc) is 4.06. The number of hydrogen-bond acceptors (Lipinski definition) is 4. The Labute approximate surface area is 385 Å². The zero-order chi connectivity index (χ0) is 41.3. The van der Waals surface area contributed by atoms with Gasteiger partial charge in [-0.25, -0.2) is 0 Å². The van der Waals surface area contributed by atoms with E-state index in [-0.39, 0.29) is 0 Å². The SMILES string of the molecule is C[CH2][Sn][CH2]c1cc2sc3c(c2s1)C(c1ccc(C)cc1)(c1ccc(C)cc1)c1cc2c(cc1-3)C(c1ccc(C)cc1)(c1ccc(C)cc1)c1c-2sc2c[c]([Sn]([CH3])([CH3])[CH3])sc12. The minimum atomic E-state index is -2.40. The molecule has 11 rings (SSSR count). The van der Waals surface area contributed by atoms with Gasteiger partial charge in [0.15, 0.2) is 0 Å². The number of hydrogen-bond donors (Lipinski definition) is 0. The fourth-order valence-electron chi connectivity index (χ4n) is 10.2. The molecule has 2 radical (unpaired) electrons.